The van der Waals surface area contributed by atoms with Crippen LogP contribution in [0.5, 0.6) is 0 Å². The van der Waals surface area contributed by atoms with E-state index in [0.29, 0.717) is 23.0 Å². The van der Waals surface area contributed by atoms with Crippen LogP contribution in [0.2, 0.25) is 0 Å². The maximum atomic E-state index is 12.4. The molecule has 0 fully saturated rings. The van der Waals surface area contributed by atoms with Crippen molar-refractivity contribution in [1.82, 2.24) is 9.55 Å². The van der Waals surface area contributed by atoms with Crippen molar-refractivity contribution in [2.75, 3.05) is 0 Å². The van der Waals surface area contributed by atoms with Crippen molar-refractivity contribution in [3.63, 3.8) is 0 Å². The van der Waals surface area contributed by atoms with Gasteiger partial charge in [-0.1, -0.05) is 0 Å². The summed E-state index contributed by atoms with van der Waals surface area (Å²) in [7, 11) is 0. The molecule has 0 bridgehead atoms. The monoisotopic (exact) mass is 313 g/mol. The van der Waals surface area contributed by atoms with Crippen molar-refractivity contribution in [3.05, 3.63) is 56.5 Å². The standard InChI is InChI=1S/C15H11N3O5/c1-2-17-7-10(15(20)21)14(19)9-6-11(18(22)23)8-4-3-5-16-12(8)13(9)17/h3-7H,2H2,1H3,(H,20,21). The number of hydrogen-bond donors (Lipinski definition) is 1. The SMILES string of the molecule is CCn1cc(C(=O)O)c(=O)c2cc([N+](=O)[O-])c3cccnc3c21. The highest BCUT2D eigenvalue weighted by molar-refractivity contribution is 6.08. The number of non-ortho nitro benzene ring substituents is 1. The number of nitro benzene ring substituents is 1. The van der Waals surface area contributed by atoms with E-state index >= 15 is 0 Å². The molecule has 8 nitrogen and oxygen atoms in total. The van der Waals surface area contributed by atoms with E-state index in [9.17, 15) is 24.8 Å². The Hall–Kier alpha value is -3.29. The lowest BCUT2D eigenvalue weighted by atomic mass is 10.1. The van der Waals surface area contributed by atoms with E-state index in [4.69, 9.17) is 0 Å². The Bertz CT molecular complexity index is 1040. The lowest BCUT2D eigenvalue weighted by Crippen LogP contribution is -2.19. The van der Waals surface area contributed by atoms with Crippen LogP contribution in [0.25, 0.3) is 21.8 Å². The van der Waals surface area contributed by atoms with Gasteiger partial charge in [0, 0.05) is 25.0 Å². The number of hydrogen-bond acceptors (Lipinski definition) is 5. The van der Waals surface area contributed by atoms with Gasteiger partial charge in [-0.25, -0.2) is 4.79 Å². The first-order chi connectivity index (χ1) is 11.0. The van der Waals surface area contributed by atoms with Gasteiger partial charge in [-0.2, -0.15) is 0 Å². The second-order valence-corrected chi connectivity index (χ2v) is 4.91. The predicted octanol–water partition coefficient (Wildman–Crippen LogP) is 2.18. The first-order valence-electron chi connectivity index (χ1n) is 6.78. The smallest absolute Gasteiger partial charge is 0.341 e. The van der Waals surface area contributed by atoms with Crippen LogP contribution in [0, 0.1) is 10.1 Å². The number of aryl methyl sites for hydroxylation is 1. The Morgan fingerprint density at radius 2 is 2.17 bits per heavy atom. The minimum absolute atomic E-state index is 0.0235. The van der Waals surface area contributed by atoms with Gasteiger partial charge in [0.25, 0.3) is 5.69 Å². The fourth-order valence-electron chi connectivity index (χ4n) is 2.65. The molecule has 0 saturated carbocycles. The Balaban J connectivity index is 2.66. The quantitative estimate of drug-likeness (QED) is 0.450. The number of aromatic carboxylic acids is 1. The van der Waals surface area contributed by atoms with E-state index in [1.54, 1.807) is 23.6 Å². The van der Waals surface area contributed by atoms with Gasteiger partial charge in [0.15, 0.2) is 0 Å². The second kappa shape index (κ2) is 5.16. The van der Waals surface area contributed by atoms with Crippen molar-refractivity contribution >= 4 is 33.5 Å². The summed E-state index contributed by atoms with van der Waals surface area (Å²) < 4.78 is 1.57. The normalized spacial score (nSPS) is 11.0. The maximum Gasteiger partial charge on any atom is 0.341 e. The molecule has 0 radical (unpaired) electrons. The fourth-order valence-corrected chi connectivity index (χ4v) is 2.65. The van der Waals surface area contributed by atoms with E-state index in [0.717, 1.165) is 6.07 Å². The summed E-state index contributed by atoms with van der Waals surface area (Å²) in [6, 6.07) is 4.25. The van der Waals surface area contributed by atoms with Crippen LogP contribution < -0.4 is 5.43 Å². The third-order valence-corrected chi connectivity index (χ3v) is 3.67. The zero-order valence-electron chi connectivity index (χ0n) is 12.0. The van der Waals surface area contributed by atoms with Crippen molar-refractivity contribution in [3.8, 4) is 0 Å². The van der Waals surface area contributed by atoms with Crippen LogP contribution in [0.1, 0.15) is 17.3 Å². The topological polar surface area (TPSA) is 115 Å². The van der Waals surface area contributed by atoms with Crippen molar-refractivity contribution in [1.29, 1.82) is 0 Å². The minimum Gasteiger partial charge on any atom is -0.477 e. The number of carboxylic acid groups (broad SMARTS) is 1. The summed E-state index contributed by atoms with van der Waals surface area (Å²) in [5.74, 6) is -1.37. The van der Waals surface area contributed by atoms with Crippen LogP contribution in [-0.2, 0) is 6.54 Å². The van der Waals surface area contributed by atoms with E-state index in [1.165, 1.54) is 12.4 Å². The van der Waals surface area contributed by atoms with Gasteiger partial charge in [-0.3, -0.25) is 19.9 Å². The molecule has 0 aliphatic heterocycles. The van der Waals surface area contributed by atoms with E-state index in [1.807, 2.05) is 0 Å². The van der Waals surface area contributed by atoms with Crippen molar-refractivity contribution < 1.29 is 14.8 Å². The Morgan fingerprint density at radius 1 is 1.43 bits per heavy atom. The predicted molar refractivity (Wildman–Crippen MR) is 82.8 cm³/mol. The maximum absolute atomic E-state index is 12.4. The summed E-state index contributed by atoms with van der Waals surface area (Å²) in [6.07, 6.45) is 2.72. The first kappa shape index (κ1) is 14.6. The van der Waals surface area contributed by atoms with Crippen molar-refractivity contribution in [2.24, 2.45) is 0 Å². The zero-order chi connectivity index (χ0) is 16.7. The number of benzene rings is 1. The summed E-state index contributed by atoms with van der Waals surface area (Å²) in [6.45, 7) is 2.17. The van der Waals surface area contributed by atoms with Gasteiger partial charge in [-0.15, -0.1) is 0 Å². The van der Waals surface area contributed by atoms with Gasteiger partial charge in [0.2, 0.25) is 5.43 Å². The summed E-state index contributed by atoms with van der Waals surface area (Å²) in [4.78, 5) is 38.5. The third-order valence-electron chi connectivity index (χ3n) is 3.67. The van der Waals surface area contributed by atoms with Gasteiger partial charge in [0.05, 0.1) is 21.2 Å². The molecule has 0 saturated heterocycles. The Labute approximate surface area is 128 Å². The van der Waals surface area contributed by atoms with E-state index in [-0.39, 0.29) is 11.1 Å². The molecule has 0 aliphatic rings. The molecule has 0 unspecified atom stereocenters. The minimum atomic E-state index is -1.37. The number of nitro groups is 1. The molecule has 8 heteroatoms. The van der Waals surface area contributed by atoms with Crippen LogP contribution in [0.4, 0.5) is 5.69 Å². The molecular formula is C15H11N3O5. The van der Waals surface area contributed by atoms with E-state index < -0.39 is 21.9 Å². The van der Waals surface area contributed by atoms with Crippen LogP contribution in [-0.4, -0.2) is 25.6 Å². The highest BCUT2D eigenvalue weighted by Gasteiger charge is 2.22. The largest absolute Gasteiger partial charge is 0.477 e. The number of aromatic nitrogens is 2. The summed E-state index contributed by atoms with van der Waals surface area (Å²) in [5.41, 5.74) is -0.768. The number of rotatable bonds is 3. The Morgan fingerprint density at radius 3 is 2.78 bits per heavy atom. The molecule has 2 heterocycles. The van der Waals surface area contributed by atoms with Crippen molar-refractivity contribution in [2.45, 2.75) is 13.5 Å². The molecule has 116 valence electrons. The van der Waals surface area contributed by atoms with Crippen LogP contribution in [0.3, 0.4) is 0 Å². The van der Waals surface area contributed by atoms with Crippen LogP contribution >= 0.6 is 0 Å². The lowest BCUT2D eigenvalue weighted by molar-refractivity contribution is -0.382. The average Bonchev–Trinajstić information content (AvgIpc) is 2.54. The number of fused-ring (bicyclic) bond motifs is 3. The molecule has 3 aromatic rings. The number of nitrogens with zero attached hydrogens (tertiary/aromatic N) is 3. The first-order valence-corrected chi connectivity index (χ1v) is 6.78. The molecule has 3 rings (SSSR count). The fraction of sp³-hybridized carbons (Fsp3) is 0.133. The molecule has 23 heavy (non-hydrogen) atoms. The van der Waals surface area contributed by atoms with Crippen LogP contribution in [0.15, 0.2) is 35.4 Å². The molecule has 0 spiro atoms. The number of pyridine rings is 2. The summed E-state index contributed by atoms with van der Waals surface area (Å²) in [5, 5.41) is 20.7. The highest BCUT2D eigenvalue weighted by Crippen LogP contribution is 2.30. The molecular weight excluding hydrogens is 302 g/mol. The molecule has 2 aromatic heterocycles. The molecule has 0 atom stereocenters. The van der Waals surface area contributed by atoms with Gasteiger partial charge >= 0.3 is 5.97 Å². The van der Waals surface area contributed by atoms with Gasteiger partial charge < -0.3 is 9.67 Å². The zero-order valence-corrected chi connectivity index (χ0v) is 12.0. The van der Waals surface area contributed by atoms with Gasteiger partial charge in [0.1, 0.15) is 11.1 Å². The Kier molecular flexibility index (Phi) is 3.29. The highest BCUT2D eigenvalue weighted by atomic mass is 16.6. The average molecular weight is 313 g/mol. The molecule has 1 aromatic carbocycles. The number of carbonyl (C=O) groups is 1. The third kappa shape index (κ3) is 2.11. The van der Waals surface area contributed by atoms with E-state index in [2.05, 4.69) is 4.98 Å². The number of carboxylic acids is 1. The molecule has 1 N–H and O–H groups in total. The summed E-state index contributed by atoms with van der Waals surface area (Å²) >= 11 is 0. The molecule has 0 aliphatic carbocycles. The molecule has 0 amide bonds. The lowest BCUT2D eigenvalue weighted by Gasteiger charge is -2.12. The van der Waals surface area contributed by atoms with Gasteiger partial charge in [-0.05, 0) is 19.1 Å². The second-order valence-electron chi connectivity index (χ2n) is 4.91.